The Morgan fingerprint density at radius 3 is 2.62 bits per heavy atom. The molecule has 0 saturated carbocycles. The van der Waals surface area contributed by atoms with Crippen molar-refractivity contribution in [2.75, 3.05) is 19.1 Å². The summed E-state index contributed by atoms with van der Waals surface area (Å²) >= 11 is 10.6. The smallest absolute Gasteiger partial charge is 0.420 e. The lowest BCUT2D eigenvalue weighted by molar-refractivity contribution is 0.149. The number of phenols is 1. The summed E-state index contributed by atoms with van der Waals surface area (Å²) in [6.07, 6.45) is -0.639. The molecule has 0 spiro atoms. The first-order valence-corrected chi connectivity index (χ1v) is 9.52. The van der Waals surface area contributed by atoms with E-state index in [1.54, 1.807) is 38.3 Å². The number of hydrogen-bond donors (Lipinski definition) is 1. The van der Waals surface area contributed by atoms with Gasteiger partial charge in [0.2, 0.25) is 0 Å². The predicted molar refractivity (Wildman–Crippen MR) is 103 cm³/mol. The first kappa shape index (κ1) is 19.0. The first-order chi connectivity index (χ1) is 12.4. The van der Waals surface area contributed by atoms with Crippen molar-refractivity contribution in [3.63, 3.8) is 0 Å². The third kappa shape index (κ3) is 3.28. The van der Waals surface area contributed by atoms with E-state index in [2.05, 4.69) is 15.9 Å². The number of hydrogen-bond acceptors (Lipinski definition) is 6. The third-order valence-electron chi connectivity index (χ3n) is 3.67. The molecular formula is C17H15BrClNO5S. The van der Waals surface area contributed by atoms with Crippen LogP contribution in [0.3, 0.4) is 0 Å². The quantitative estimate of drug-likeness (QED) is 0.610. The number of benzene rings is 2. The Bertz CT molecular complexity index is 877. The standard InChI is InChI=1S/C17H15BrClNO5S/c1-8(19)25-17(22)20-10-5-4-9(23-2)6-13(10)26-16-11(20)7-12(24-3)15(21)14(16)18/h4-8,21H,1-3H3. The molecule has 138 valence electrons. The van der Waals surface area contributed by atoms with Gasteiger partial charge in [-0.2, -0.15) is 0 Å². The van der Waals surface area contributed by atoms with Gasteiger partial charge in [-0.3, -0.25) is 0 Å². The van der Waals surface area contributed by atoms with E-state index in [9.17, 15) is 9.90 Å². The fourth-order valence-electron chi connectivity index (χ4n) is 2.52. The van der Waals surface area contributed by atoms with Crippen LogP contribution < -0.4 is 14.4 Å². The summed E-state index contributed by atoms with van der Waals surface area (Å²) in [5.74, 6) is 0.821. The Labute approximate surface area is 168 Å². The van der Waals surface area contributed by atoms with Gasteiger partial charge in [0.1, 0.15) is 5.75 Å². The molecule has 9 heteroatoms. The summed E-state index contributed by atoms with van der Waals surface area (Å²) in [5, 5.41) is 10.3. The molecule has 1 N–H and O–H groups in total. The molecule has 1 unspecified atom stereocenters. The number of anilines is 2. The van der Waals surface area contributed by atoms with Crippen LogP contribution in [0, 0.1) is 0 Å². The second kappa shape index (κ2) is 7.46. The van der Waals surface area contributed by atoms with Crippen LogP contribution >= 0.6 is 39.3 Å². The van der Waals surface area contributed by atoms with Gasteiger partial charge in [-0.15, -0.1) is 0 Å². The second-order valence-electron chi connectivity index (χ2n) is 5.29. The Balaban J connectivity index is 2.22. The molecule has 0 bridgehead atoms. The maximum absolute atomic E-state index is 12.7. The summed E-state index contributed by atoms with van der Waals surface area (Å²) in [4.78, 5) is 15.5. The molecular weight excluding hydrogens is 446 g/mol. The molecule has 1 aliphatic rings. The number of phenolic OH excluding ortho intramolecular Hbond substituents is 1. The van der Waals surface area contributed by atoms with E-state index in [1.165, 1.54) is 23.8 Å². The van der Waals surface area contributed by atoms with Crippen molar-refractivity contribution in [2.24, 2.45) is 0 Å². The van der Waals surface area contributed by atoms with E-state index in [0.717, 1.165) is 4.90 Å². The molecule has 2 aromatic carbocycles. The molecule has 1 aliphatic heterocycles. The Morgan fingerprint density at radius 1 is 1.27 bits per heavy atom. The number of amides is 1. The lowest BCUT2D eigenvalue weighted by Gasteiger charge is -2.32. The number of alkyl halides is 1. The van der Waals surface area contributed by atoms with Crippen LogP contribution in [0.15, 0.2) is 38.5 Å². The topological polar surface area (TPSA) is 68.2 Å². The highest BCUT2D eigenvalue weighted by Gasteiger charge is 2.34. The van der Waals surface area contributed by atoms with Crippen molar-refractivity contribution in [1.82, 2.24) is 0 Å². The molecule has 1 amide bonds. The summed E-state index contributed by atoms with van der Waals surface area (Å²) in [6.45, 7) is 1.56. The largest absolute Gasteiger partial charge is 0.503 e. The Kier molecular flexibility index (Phi) is 5.45. The molecule has 26 heavy (non-hydrogen) atoms. The molecule has 6 nitrogen and oxygen atoms in total. The van der Waals surface area contributed by atoms with E-state index in [1.807, 2.05) is 0 Å². The molecule has 1 atom stereocenters. The van der Waals surface area contributed by atoms with Crippen molar-refractivity contribution >= 4 is 56.8 Å². The Hall–Kier alpha value is -1.77. The molecule has 2 aromatic rings. The maximum atomic E-state index is 12.7. The van der Waals surface area contributed by atoms with Crippen molar-refractivity contribution in [1.29, 1.82) is 0 Å². The SMILES string of the molecule is COc1ccc2c(c1)Sc1c(cc(OC)c(O)c1Br)N2C(=O)OC(C)Cl. The number of ether oxygens (including phenoxy) is 3. The fourth-order valence-corrected chi connectivity index (χ4v) is 4.34. The molecule has 3 rings (SSSR count). The maximum Gasteiger partial charge on any atom is 0.420 e. The molecule has 0 aromatic heterocycles. The number of rotatable bonds is 3. The molecule has 0 saturated heterocycles. The van der Waals surface area contributed by atoms with Crippen LogP contribution in [0.5, 0.6) is 17.2 Å². The van der Waals surface area contributed by atoms with Crippen molar-refractivity contribution in [3.05, 3.63) is 28.7 Å². The van der Waals surface area contributed by atoms with Gasteiger partial charge in [-0.25, -0.2) is 9.69 Å². The van der Waals surface area contributed by atoms with Gasteiger partial charge >= 0.3 is 6.09 Å². The average Bonchev–Trinajstić information content (AvgIpc) is 2.61. The predicted octanol–water partition coefficient (Wildman–Crippen LogP) is 5.50. The van der Waals surface area contributed by atoms with Crippen LogP contribution in [0.2, 0.25) is 0 Å². The fraction of sp³-hybridized carbons (Fsp3) is 0.235. The van der Waals surface area contributed by atoms with Crippen LogP contribution in [0.4, 0.5) is 16.2 Å². The van der Waals surface area contributed by atoms with Gasteiger partial charge in [0, 0.05) is 11.0 Å². The zero-order chi connectivity index (χ0) is 19.0. The molecule has 1 heterocycles. The number of aromatic hydroxyl groups is 1. The van der Waals surface area contributed by atoms with E-state index in [4.69, 9.17) is 25.8 Å². The normalized spacial score (nSPS) is 13.5. The summed E-state index contributed by atoms with van der Waals surface area (Å²) in [6, 6.07) is 6.90. The first-order valence-electron chi connectivity index (χ1n) is 7.47. The minimum atomic E-state index is -0.801. The summed E-state index contributed by atoms with van der Waals surface area (Å²) in [7, 11) is 3.00. The lowest BCUT2D eigenvalue weighted by Crippen LogP contribution is -2.30. The molecule has 0 fully saturated rings. The second-order valence-corrected chi connectivity index (χ2v) is 7.75. The van der Waals surface area contributed by atoms with Crippen LogP contribution in [-0.4, -0.2) is 31.0 Å². The van der Waals surface area contributed by atoms with Gasteiger partial charge in [0.25, 0.3) is 0 Å². The highest BCUT2D eigenvalue weighted by atomic mass is 79.9. The summed E-state index contributed by atoms with van der Waals surface area (Å²) < 4.78 is 16.1. The van der Waals surface area contributed by atoms with Gasteiger partial charge < -0.3 is 19.3 Å². The third-order valence-corrected chi connectivity index (χ3v) is 5.96. The van der Waals surface area contributed by atoms with Crippen LogP contribution in [0.1, 0.15) is 6.92 Å². The lowest BCUT2D eigenvalue weighted by atomic mass is 10.2. The Morgan fingerprint density at radius 2 is 2.00 bits per heavy atom. The highest BCUT2D eigenvalue weighted by Crippen LogP contribution is 2.56. The average molecular weight is 461 g/mol. The van der Waals surface area contributed by atoms with E-state index in [0.29, 0.717) is 26.5 Å². The minimum absolute atomic E-state index is 0.0517. The van der Waals surface area contributed by atoms with Gasteiger partial charge in [0.05, 0.1) is 35.0 Å². The van der Waals surface area contributed by atoms with E-state index >= 15 is 0 Å². The van der Waals surface area contributed by atoms with Crippen LogP contribution in [-0.2, 0) is 4.74 Å². The molecule has 0 radical (unpaired) electrons. The number of methoxy groups -OCH3 is 2. The van der Waals surface area contributed by atoms with E-state index in [-0.39, 0.29) is 11.5 Å². The number of carbonyl (C=O) groups excluding carboxylic acids is 1. The monoisotopic (exact) mass is 459 g/mol. The van der Waals surface area contributed by atoms with E-state index < -0.39 is 11.7 Å². The number of fused-ring (bicyclic) bond motifs is 2. The number of halogens is 2. The van der Waals surface area contributed by atoms with Gasteiger partial charge in [0.15, 0.2) is 17.1 Å². The minimum Gasteiger partial charge on any atom is -0.503 e. The molecule has 0 aliphatic carbocycles. The van der Waals surface area contributed by atoms with Crippen LogP contribution in [0.25, 0.3) is 0 Å². The van der Waals surface area contributed by atoms with Gasteiger partial charge in [-0.05, 0) is 41.1 Å². The summed E-state index contributed by atoms with van der Waals surface area (Å²) in [5.41, 5.74) is 0.325. The zero-order valence-corrected chi connectivity index (χ0v) is 17.2. The highest BCUT2D eigenvalue weighted by molar-refractivity contribution is 9.10. The zero-order valence-electron chi connectivity index (χ0n) is 14.1. The van der Waals surface area contributed by atoms with Crippen molar-refractivity contribution in [3.8, 4) is 17.2 Å². The van der Waals surface area contributed by atoms with Gasteiger partial charge in [-0.1, -0.05) is 23.4 Å². The number of nitrogens with zero attached hydrogens (tertiary/aromatic N) is 1. The van der Waals surface area contributed by atoms with Crippen molar-refractivity contribution in [2.45, 2.75) is 22.3 Å². The van der Waals surface area contributed by atoms with Crippen molar-refractivity contribution < 1.29 is 24.1 Å². The number of carbonyl (C=O) groups is 1.